The molecule has 0 aliphatic heterocycles. The summed E-state index contributed by atoms with van der Waals surface area (Å²) in [4.78, 5) is 36.5. The molecule has 12 heteroatoms. The van der Waals surface area contributed by atoms with Crippen molar-refractivity contribution in [3.05, 3.63) is 112 Å². The number of halogens is 1. The fraction of sp³-hybridized carbons (Fsp3) is 0.103. The summed E-state index contributed by atoms with van der Waals surface area (Å²) in [6, 6.07) is 11.5. The summed E-state index contributed by atoms with van der Waals surface area (Å²) >= 11 is 0. The number of aromatic nitrogens is 7. The molecule has 41 heavy (non-hydrogen) atoms. The van der Waals surface area contributed by atoms with E-state index in [1.165, 1.54) is 39.5 Å². The van der Waals surface area contributed by atoms with Crippen LogP contribution in [0.25, 0.3) is 22.2 Å². The van der Waals surface area contributed by atoms with Crippen LogP contribution >= 0.6 is 0 Å². The molecule has 0 aliphatic carbocycles. The summed E-state index contributed by atoms with van der Waals surface area (Å²) in [6.45, 7) is 1.69. The first-order valence-electron chi connectivity index (χ1n) is 12.5. The van der Waals surface area contributed by atoms with Crippen molar-refractivity contribution in [2.75, 3.05) is 5.73 Å². The molecule has 202 valence electrons. The average Bonchev–Trinajstić information content (AvgIpc) is 3.53. The van der Waals surface area contributed by atoms with Crippen molar-refractivity contribution >= 4 is 28.3 Å². The molecule has 0 fully saturated rings. The molecule has 11 nitrogen and oxygen atoms in total. The number of carbonyl (C=O) groups is 1. The minimum absolute atomic E-state index is 0.00706. The molecular weight excluding hydrogens is 525 g/mol. The average molecular weight is 548 g/mol. The number of amides is 1. The van der Waals surface area contributed by atoms with Gasteiger partial charge in [-0.2, -0.15) is 5.10 Å². The van der Waals surface area contributed by atoms with Gasteiger partial charge in [0.2, 0.25) is 0 Å². The number of aryl methyl sites for hydroxylation is 1. The number of nitrogen functional groups attached to an aromatic ring is 1. The molecular formula is C29H22FN9O2. The maximum Gasteiger partial charge on any atom is 0.267 e. The Kier molecular flexibility index (Phi) is 6.24. The molecule has 6 rings (SSSR count). The zero-order valence-electron chi connectivity index (χ0n) is 21.9. The lowest BCUT2D eigenvalue weighted by molar-refractivity contribution is 0.0940. The molecule has 0 saturated carbocycles. The minimum Gasteiger partial charge on any atom is -0.381 e. The fourth-order valence-corrected chi connectivity index (χ4v) is 4.56. The van der Waals surface area contributed by atoms with Crippen molar-refractivity contribution < 1.29 is 9.18 Å². The molecule has 0 bridgehead atoms. The first kappa shape index (κ1) is 25.4. The number of hydrogen-bond donors (Lipinski definition) is 2. The van der Waals surface area contributed by atoms with Crippen molar-refractivity contribution in [1.82, 2.24) is 39.2 Å². The monoisotopic (exact) mass is 547 g/mol. The Bertz CT molecular complexity index is 2080. The highest BCUT2D eigenvalue weighted by Crippen LogP contribution is 2.22. The molecule has 4 heterocycles. The summed E-state index contributed by atoms with van der Waals surface area (Å²) in [5.74, 6) is 5.31. The number of nitrogens with two attached hydrogens (primary N) is 1. The Hall–Kier alpha value is -5.83. The Morgan fingerprint density at radius 2 is 1.93 bits per heavy atom. The third kappa shape index (κ3) is 4.65. The van der Waals surface area contributed by atoms with Crippen LogP contribution in [-0.2, 0) is 7.05 Å². The highest BCUT2D eigenvalue weighted by Gasteiger charge is 2.25. The van der Waals surface area contributed by atoms with Crippen molar-refractivity contribution in [3.63, 3.8) is 0 Å². The van der Waals surface area contributed by atoms with Crippen molar-refractivity contribution in [3.8, 4) is 17.5 Å². The van der Waals surface area contributed by atoms with Gasteiger partial charge in [0.25, 0.3) is 11.5 Å². The second-order valence-electron chi connectivity index (χ2n) is 9.28. The lowest BCUT2D eigenvalue weighted by Crippen LogP contribution is -2.33. The molecule has 0 aliphatic rings. The van der Waals surface area contributed by atoms with E-state index in [0.29, 0.717) is 22.3 Å². The first-order chi connectivity index (χ1) is 19.8. The van der Waals surface area contributed by atoms with Crippen LogP contribution in [0, 0.1) is 17.7 Å². The molecule has 0 saturated heterocycles. The highest BCUT2D eigenvalue weighted by atomic mass is 19.1. The number of benzene rings is 2. The third-order valence-electron chi connectivity index (χ3n) is 6.44. The van der Waals surface area contributed by atoms with Crippen LogP contribution in [0.4, 0.5) is 10.2 Å². The van der Waals surface area contributed by atoms with Gasteiger partial charge in [-0.25, -0.2) is 18.9 Å². The molecule has 4 aromatic heterocycles. The minimum atomic E-state index is -0.784. The van der Waals surface area contributed by atoms with Gasteiger partial charge in [0.05, 0.1) is 34.4 Å². The summed E-state index contributed by atoms with van der Waals surface area (Å²) < 4.78 is 18.2. The SMILES string of the molecule is C[C@@H](NC(=O)c1c(N)nn2cccnc12)c1nc2cccc(C#Cc3cnn(C)c3)c2c(=O)n1-c1ccc(F)cc1. The van der Waals surface area contributed by atoms with Crippen LogP contribution in [-0.4, -0.2) is 39.8 Å². The molecule has 6 aromatic rings. The summed E-state index contributed by atoms with van der Waals surface area (Å²) in [5, 5.41) is 11.4. The molecule has 0 spiro atoms. The summed E-state index contributed by atoms with van der Waals surface area (Å²) in [6.07, 6.45) is 6.55. The second-order valence-corrected chi connectivity index (χ2v) is 9.28. The Labute approximate surface area is 232 Å². The van der Waals surface area contributed by atoms with Gasteiger partial charge in [-0.3, -0.25) is 18.8 Å². The third-order valence-corrected chi connectivity index (χ3v) is 6.44. The predicted molar refractivity (Wildman–Crippen MR) is 150 cm³/mol. The zero-order chi connectivity index (χ0) is 28.7. The molecule has 0 unspecified atom stereocenters. The number of rotatable bonds is 4. The maximum absolute atomic E-state index is 14.1. The molecule has 1 atom stereocenters. The number of hydrogen-bond acceptors (Lipinski definition) is 7. The topological polar surface area (TPSA) is 138 Å². The van der Waals surface area contributed by atoms with E-state index in [0.717, 1.165) is 0 Å². The van der Waals surface area contributed by atoms with E-state index < -0.39 is 23.3 Å². The molecule has 3 N–H and O–H groups in total. The predicted octanol–water partition coefficient (Wildman–Crippen LogP) is 2.77. The van der Waals surface area contributed by atoms with Gasteiger partial charge in [0.15, 0.2) is 11.5 Å². The van der Waals surface area contributed by atoms with Crippen molar-refractivity contribution in [2.45, 2.75) is 13.0 Å². The second kappa shape index (κ2) is 10.0. The zero-order valence-corrected chi connectivity index (χ0v) is 21.9. The van der Waals surface area contributed by atoms with Crippen LogP contribution in [0.5, 0.6) is 0 Å². The van der Waals surface area contributed by atoms with Crippen LogP contribution in [0.3, 0.4) is 0 Å². The van der Waals surface area contributed by atoms with Gasteiger partial charge in [0.1, 0.15) is 17.2 Å². The lowest BCUT2D eigenvalue weighted by atomic mass is 10.1. The van der Waals surface area contributed by atoms with Gasteiger partial charge in [-0.1, -0.05) is 17.9 Å². The van der Waals surface area contributed by atoms with E-state index >= 15 is 0 Å². The maximum atomic E-state index is 14.1. The normalized spacial score (nSPS) is 11.8. The summed E-state index contributed by atoms with van der Waals surface area (Å²) in [7, 11) is 1.79. The number of carbonyl (C=O) groups excluding carboxylic acids is 1. The number of nitrogens with one attached hydrogen (secondary N) is 1. The van der Waals surface area contributed by atoms with Gasteiger partial charge >= 0.3 is 0 Å². The van der Waals surface area contributed by atoms with E-state index in [9.17, 15) is 14.0 Å². The van der Waals surface area contributed by atoms with Gasteiger partial charge in [-0.15, -0.1) is 5.10 Å². The van der Waals surface area contributed by atoms with Gasteiger partial charge < -0.3 is 11.1 Å². The lowest BCUT2D eigenvalue weighted by Gasteiger charge is -2.20. The standard InChI is InChI=1S/C29H22FN9O2/c1-17(34-28(40)24-25(31)36-38-14-4-13-32-27(24)38)26-35-22-6-3-5-19(8-7-18-15-33-37(2)16-18)23(22)29(41)39(26)21-11-9-20(30)10-12-21/h3-6,9-17H,1-2H3,(H2,31,36)(H,34,40)/t17-/m1/s1. The molecule has 2 aromatic carbocycles. The first-order valence-corrected chi connectivity index (χ1v) is 12.5. The molecule has 0 radical (unpaired) electrons. The number of anilines is 1. The van der Waals surface area contributed by atoms with E-state index in [2.05, 4.69) is 32.3 Å². The fourth-order valence-electron chi connectivity index (χ4n) is 4.56. The smallest absolute Gasteiger partial charge is 0.267 e. The Balaban J connectivity index is 1.49. The van der Waals surface area contributed by atoms with Crippen molar-refractivity contribution in [2.24, 2.45) is 7.05 Å². The largest absolute Gasteiger partial charge is 0.381 e. The number of nitrogens with zero attached hydrogens (tertiary/aromatic N) is 7. The summed E-state index contributed by atoms with van der Waals surface area (Å²) in [5.41, 5.74) is 7.90. The van der Waals surface area contributed by atoms with Crippen LogP contribution in [0.1, 0.15) is 40.3 Å². The van der Waals surface area contributed by atoms with Crippen LogP contribution < -0.4 is 16.6 Å². The van der Waals surface area contributed by atoms with E-state index in [-0.39, 0.29) is 28.2 Å². The van der Waals surface area contributed by atoms with Gasteiger partial charge in [-0.05, 0) is 49.4 Å². The van der Waals surface area contributed by atoms with Crippen LogP contribution in [0.2, 0.25) is 0 Å². The van der Waals surface area contributed by atoms with E-state index in [1.807, 2.05) is 0 Å². The van der Waals surface area contributed by atoms with Crippen molar-refractivity contribution in [1.29, 1.82) is 0 Å². The number of fused-ring (bicyclic) bond motifs is 2. The highest BCUT2D eigenvalue weighted by molar-refractivity contribution is 6.04. The quantitative estimate of drug-likeness (QED) is 0.324. The van der Waals surface area contributed by atoms with E-state index in [1.54, 1.807) is 61.5 Å². The van der Waals surface area contributed by atoms with E-state index in [4.69, 9.17) is 10.7 Å². The van der Waals surface area contributed by atoms with Crippen LogP contribution in [0.15, 0.2) is 78.1 Å². The van der Waals surface area contributed by atoms with Gasteiger partial charge in [0, 0.05) is 31.2 Å². The Morgan fingerprint density at radius 1 is 1.12 bits per heavy atom. The Morgan fingerprint density at radius 3 is 2.68 bits per heavy atom. The molecule has 1 amide bonds.